The van der Waals surface area contributed by atoms with E-state index in [0.29, 0.717) is 30.7 Å². The summed E-state index contributed by atoms with van der Waals surface area (Å²) in [6.45, 7) is 1.16. The van der Waals surface area contributed by atoms with Crippen LogP contribution >= 0.6 is 0 Å². The van der Waals surface area contributed by atoms with E-state index in [1.54, 1.807) is 11.8 Å². The van der Waals surface area contributed by atoms with Crippen molar-refractivity contribution in [3.63, 3.8) is 0 Å². The summed E-state index contributed by atoms with van der Waals surface area (Å²) in [7, 11) is 1.37. The smallest absolute Gasteiger partial charge is 0.330 e. The van der Waals surface area contributed by atoms with Gasteiger partial charge in [0.2, 0.25) is 0 Å². The molecule has 1 aliphatic rings. The van der Waals surface area contributed by atoms with Gasteiger partial charge in [-0.15, -0.1) is 5.10 Å². The lowest BCUT2D eigenvalue weighted by Gasteiger charge is -2.31. The molecule has 1 fully saturated rings. The number of alkyl halides is 10. The number of likely N-dealkylation sites (tertiary alicyclic amines) is 1. The molecule has 0 amide bonds. The van der Waals surface area contributed by atoms with Crippen LogP contribution in [-0.2, 0) is 38.7 Å². The van der Waals surface area contributed by atoms with E-state index in [0.717, 1.165) is 21.8 Å². The maximum atomic E-state index is 14.0. The van der Waals surface area contributed by atoms with Gasteiger partial charge in [0.05, 0.1) is 23.7 Å². The average Bonchev–Trinajstić information content (AvgIpc) is 3.51. The number of rotatable bonds is 8. The van der Waals surface area contributed by atoms with Crippen LogP contribution in [0.2, 0.25) is 0 Å². The molecule has 0 radical (unpaired) electrons. The van der Waals surface area contributed by atoms with Crippen LogP contribution in [0.4, 0.5) is 49.9 Å². The molecular formula is C26H26F10N6. The van der Waals surface area contributed by atoms with E-state index >= 15 is 0 Å². The summed E-state index contributed by atoms with van der Waals surface area (Å²) in [5, 5.41) is 11.5. The Morgan fingerprint density at radius 3 is 1.98 bits per heavy atom. The van der Waals surface area contributed by atoms with Crippen molar-refractivity contribution in [3.05, 3.63) is 69.8 Å². The number of aryl methyl sites for hydroxylation is 1. The Morgan fingerprint density at radius 1 is 0.881 bits per heavy atom. The number of aromatic nitrogens is 4. The normalized spacial score (nSPS) is 17.6. The van der Waals surface area contributed by atoms with Crippen LogP contribution in [0.25, 0.3) is 0 Å². The topological polar surface area (TPSA) is 50.1 Å². The van der Waals surface area contributed by atoms with Crippen molar-refractivity contribution in [2.45, 2.75) is 63.6 Å². The third kappa shape index (κ3) is 7.31. The fraction of sp³-hybridized carbons (Fsp3) is 0.500. The average molecular weight is 613 g/mol. The van der Waals surface area contributed by atoms with Crippen molar-refractivity contribution in [1.29, 1.82) is 0 Å². The maximum Gasteiger partial charge on any atom is 0.416 e. The molecule has 1 saturated heterocycles. The molecule has 0 bridgehead atoms. The lowest BCUT2D eigenvalue weighted by Crippen LogP contribution is -2.30. The molecule has 42 heavy (non-hydrogen) atoms. The molecule has 16 heteroatoms. The summed E-state index contributed by atoms with van der Waals surface area (Å²) in [6, 6.07) is 3.59. The molecule has 1 aliphatic heterocycles. The Morgan fingerprint density at radius 2 is 1.50 bits per heavy atom. The second-order valence-corrected chi connectivity index (χ2v) is 10.1. The minimum atomic E-state index is -5.10. The highest BCUT2D eigenvalue weighted by Crippen LogP contribution is 2.39. The van der Waals surface area contributed by atoms with Crippen LogP contribution in [0.3, 0.4) is 0 Å². The summed E-state index contributed by atoms with van der Waals surface area (Å²) in [4.78, 5) is 3.93. The first-order chi connectivity index (χ1) is 19.5. The number of anilines is 1. The minimum absolute atomic E-state index is 0.0145. The minimum Gasteiger partial charge on any atom is -0.330 e. The van der Waals surface area contributed by atoms with Gasteiger partial charge in [0.1, 0.15) is 6.17 Å². The number of tetrazole rings is 1. The van der Waals surface area contributed by atoms with Crippen molar-refractivity contribution in [3.8, 4) is 0 Å². The van der Waals surface area contributed by atoms with Gasteiger partial charge in [-0.25, -0.2) is 4.39 Å². The largest absolute Gasteiger partial charge is 0.416 e. The van der Waals surface area contributed by atoms with Crippen LogP contribution in [0.5, 0.6) is 0 Å². The molecule has 0 saturated carbocycles. The number of nitrogens with zero attached hydrogens (tertiary/aromatic N) is 6. The molecule has 4 rings (SSSR count). The van der Waals surface area contributed by atoms with Crippen LogP contribution in [0.1, 0.15) is 59.2 Å². The summed E-state index contributed by atoms with van der Waals surface area (Å²) < 4.78 is 136. The van der Waals surface area contributed by atoms with Gasteiger partial charge in [-0.2, -0.15) is 44.3 Å². The number of hydrogen-bond donors (Lipinski definition) is 0. The molecule has 2 atom stereocenters. The summed E-state index contributed by atoms with van der Waals surface area (Å²) in [5.74, 6) is -0.232. The predicted molar refractivity (Wildman–Crippen MR) is 131 cm³/mol. The van der Waals surface area contributed by atoms with Gasteiger partial charge in [0.15, 0.2) is 0 Å². The van der Waals surface area contributed by atoms with Crippen LogP contribution in [0.15, 0.2) is 36.4 Å². The van der Waals surface area contributed by atoms with Crippen LogP contribution in [-0.4, -0.2) is 44.4 Å². The third-order valence-corrected chi connectivity index (χ3v) is 6.98. The Kier molecular flexibility index (Phi) is 8.77. The lowest BCUT2D eigenvalue weighted by atomic mass is 9.94. The zero-order chi connectivity index (χ0) is 31.0. The molecule has 3 aromatic rings. The van der Waals surface area contributed by atoms with Crippen molar-refractivity contribution in [2.24, 2.45) is 7.05 Å². The van der Waals surface area contributed by atoms with Gasteiger partial charge < -0.3 is 4.90 Å². The molecular weight excluding hydrogens is 586 g/mol. The van der Waals surface area contributed by atoms with E-state index in [-0.39, 0.29) is 30.5 Å². The SMILES string of the molecule is CCC(c1ccc(C(F)(F)F)cc1CN(Cc1cc(C(F)(F)F)cc(C(F)(F)F)c1)c1nnn(C)n1)N1CC[C@H](F)C1. The monoisotopic (exact) mass is 612 g/mol. The first-order valence-electron chi connectivity index (χ1n) is 12.8. The Balaban J connectivity index is 1.81. The highest BCUT2D eigenvalue weighted by atomic mass is 19.4. The first-order valence-corrected chi connectivity index (χ1v) is 12.8. The second kappa shape index (κ2) is 11.7. The standard InChI is InChI=1S/C26H26F10N6/c1-3-22(41-7-6-20(27)14-41)21-5-4-17(24(28,29)30)10-16(21)13-42(23-37-39-40(2)38-23)12-15-8-18(25(31,32)33)11-19(9-15)26(34,35)36/h4-5,8-11,20,22H,3,6-7,12-14H2,1-2H3/t20-,22?/m0/s1. The number of halogens is 10. The number of hydrogen-bond acceptors (Lipinski definition) is 5. The van der Waals surface area contributed by atoms with E-state index in [2.05, 4.69) is 15.4 Å². The van der Waals surface area contributed by atoms with Crippen molar-refractivity contribution in [2.75, 3.05) is 18.0 Å². The second-order valence-electron chi connectivity index (χ2n) is 10.1. The van der Waals surface area contributed by atoms with Gasteiger partial charge in [0.25, 0.3) is 5.95 Å². The molecule has 0 N–H and O–H groups in total. The van der Waals surface area contributed by atoms with Crippen LogP contribution < -0.4 is 4.90 Å². The highest BCUT2D eigenvalue weighted by molar-refractivity contribution is 5.42. The molecule has 230 valence electrons. The molecule has 2 aromatic carbocycles. The summed E-state index contributed by atoms with van der Waals surface area (Å²) in [6.07, 6.45) is -15.4. The van der Waals surface area contributed by atoms with E-state index in [1.807, 2.05) is 0 Å². The first kappa shape index (κ1) is 31.5. The zero-order valence-corrected chi connectivity index (χ0v) is 22.3. The molecule has 0 spiro atoms. The zero-order valence-electron chi connectivity index (χ0n) is 22.3. The van der Waals surface area contributed by atoms with Gasteiger partial charge in [0, 0.05) is 32.2 Å². The number of benzene rings is 2. The van der Waals surface area contributed by atoms with Gasteiger partial charge in [-0.1, -0.05) is 18.1 Å². The van der Waals surface area contributed by atoms with E-state index < -0.39 is 66.1 Å². The third-order valence-electron chi connectivity index (χ3n) is 6.98. The summed E-state index contributed by atoms with van der Waals surface area (Å²) >= 11 is 0. The molecule has 2 heterocycles. The van der Waals surface area contributed by atoms with E-state index in [1.165, 1.54) is 13.1 Å². The lowest BCUT2D eigenvalue weighted by molar-refractivity contribution is -0.143. The van der Waals surface area contributed by atoms with Gasteiger partial charge >= 0.3 is 18.5 Å². The quantitative estimate of drug-likeness (QED) is 0.258. The van der Waals surface area contributed by atoms with E-state index in [9.17, 15) is 43.9 Å². The molecule has 0 aliphatic carbocycles. The highest BCUT2D eigenvalue weighted by Gasteiger charge is 2.38. The van der Waals surface area contributed by atoms with Gasteiger partial charge in [-0.05, 0) is 65.1 Å². The van der Waals surface area contributed by atoms with Crippen molar-refractivity contribution in [1.82, 2.24) is 25.1 Å². The Bertz CT molecular complexity index is 1350. The molecule has 1 aromatic heterocycles. The molecule has 1 unspecified atom stereocenters. The van der Waals surface area contributed by atoms with Crippen molar-refractivity contribution >= 4 is 5.95 Å². The van der Waals surface area contributed by atoms with Gasteiger partial charge in [-0.3, -0.25) is 4.90 Å². The predicted octanol–water partition coefficient (Wildman–Crippen LogP) is 6.97. The van der Waals surface area contributed by atoms with E-state index in [4.69, 9.17) is 0 Å². The maximum absolute atomic E-state index is 14.0. The fourth-order valence-corrected chi connectivity index (χ4v) is 5.08. The molecule has 6 nitrogen and oxygen atoms in total. The van der Waals surface area contributed by atoms with Crippen molar-refractivity contribution < 1.29 is 43.9 Å². The summed E-state index contributed by atoms with van der Waals surface area (Å²) in [5.41, 5.74) is -4.03. The fourth-order valence-electron chi connectivity index (χ4n) is 5.08. The van der Waals surface area contributed by atoms with Crippen LogP contribution in [0, 0.1) is 0 Å². The Hall–Kier alpha value is -3.43. The Labute approximate surface area is 233 Å².